The Bertz CT molecular complexity index is 1170. The van der Waals surface area contributed by atoms with Crippen LogP contribution in [0.25, 0.3) is 11.2 Å². The average Bonchev–Trinajstić information content (AvgIpc) is 3.11. The van der Waals surface area contributed by atoms with Crippen LogP contribution in [0.2, 0.25) is 0 Å². The number of anilines is 2. The lowest BCUT2D eigenvalue weighted by atomic mass is 10.1. The quantitative estimate of drug-likeness (QED) is 0.507. The molecule has 1 fully saturated rings. The van der Waals surface area contributed by atoms with Gasteiger partial charge in [0.1, 0.15) is 0 Å². The molecule has 0 bridgehead atoms. The van der Waals surface area contributed by atoms with E-state index in [1.165, 1.54) is 11.0 Å². The van der Waals surface area contributed by atoms with Crippen molar-refractivity contribution in [2.75, 3.05) is 23.4 Å². The average molecular weight is 395 g/mol. The summed E-state index contributed by atoms with van der Waals surface area (Å²) in [6, 6.07) is 7.89. The molecule has 0 atom stereocenters. The number of nitrogens with one attached hydrogen (secondary N) is 2. The van der Waals surface area contributed by atoms with Crippen molar-refractivity contribution in [2.24, 2.45) is 12.1 Å². The molecule has 0 aliphatic carbocycles. The van der Waals surface area contributed by atoms with Gasteiger partial charge in [-0.2, -0.15) is 10.1 Å². The predicted octanol–water partition coefficient (Wildman–Crippen LogP) is 1.82. The van der Waals surface area contributed by atoms with E-state index in [2.05, 4.69) is 25.4 Å². The van der Waals surface area contributed by atoms with E-state index < -0.39 is 11.2 Å². The summed E-state index contributed by atoms with van der Waals surface area (Å²) in [7, 11) is 1.62. The smallest absolute Gasteiger partial charge is 0.329 e. The van der Waals surface area contributed by atoms with Gasteiger partial charge in [-0.05, 0) is 37.8 Å². The highest BCUT2D eigenvalue weighted by Crippen LogP contribution is 2.22. The maximum Gasteiger partial charge on any atom is 0.329 e. The summed E-state index contributed by atoms with van der Waals surface area (Å²) in [5.74, 6) is 0.703. The van der Waals surface area contributed by atoms with E-state index in [4.69, 9.17) is 0 Å². The van der Waals surface area contributed by atoms with Gasteiger partial charge in [0.15, 0.2) is 11.2 Å². The fraction of sp³-hybridized carbons (Fsp3) is 0.400. The fourth-order valence-corrected chi connectivity index (χ4v) is 3.67. The highest BCUT2D eigenvalue weighted by atomic mass is 16.2. The van der Waals surface area contributed by atoms with Crippen molar-refractivity contribution in [3.05, 3.63) is 50.7 Å². The molecule has 4 rings (SSSR count). The van der Waals surface area contributed by atoms with Crippen LogP contribution in [0.5, 0.6) is 0 Å². The molecule has 9 nitrogen and oxygen atoms in total. The van der Waals surface area contributed by atoms with Gasteiger partial charge in [-0.3, -0.25) is 24.3 Å². The van der Waals surface area contributed by atoms with Gasteiger partial charge in [0.05, 0.1) is 12.2 Å². The van der Waals surface area contributed by atoms with Crippen molar-refractivity contribution in [1.29, 1.82) is 0 Å². The van der Waals surface area contributed by atoms with Crippen molar-refractivity contribution < 1.29 is 0 Å². The van der Waals surface area contributed by atoms with Crippen molar-refractivity contribution in [2.45, 2.75) is 32.7 Å². The molecular weight excluding hydrogens is 370 g/mol. The van der Waals surface area contributed by atoms with Crippen molar-refractivity contribution >= 4 is 29.0 Å². The van der Waals surface area contributed by atoms with Gasteiger partial charge in [-0.1, -0.05) is 18.2 Å². The predicted molar refractivity (Wildman–Crippen MR) is 115 cm³/mol. The third kappa shape index (κ3) is 3.67. The van der Waals surface area contributed by atoms with Gasteiger partial charge in [0.25, 0.3) is 5.56 Å². The first-order valence-electron chi connectivity index (χ1n) is 9.84. The largest absolute Gasteiger partial charge is 0.342 e. The van der Waals surface area contributed by atoms with Crippen molar-refractivity contribution in [3.63, 3.8) is 0 Å². The molecule has 9 heteroatoms. The molecule has 0 amide bonds. The van der Waals surface area contributed by atoms with Crippen LogP contribution < -0.4 is 21.6 Å². The van der Waals surface area contributed by atoms with Gasteiger partial charge in [0, 0.05) is 26.4 Å². The summed E-state index contributed by atoms with van der Waals surface area (Å²) in [5, 5.41) is 4.32. The molecule has 152 valence electrons. The minimum absolute atomic E-state index is 0.364. The SMILES string of the molecule is Cc1ccccc1N/N=C\Cn1c(N2CCCCC2)nc2c1c(=O)[nH]c(=O)n2C. The highest BCUT2D eigenvalue weighted by molar-refractivity contribution is 5.76. The normalized spacial score (nSPS) is 14.8. The zero-order chi connectivity index (χ0) is 20.4. The third-order valence-electron chi connectivity index (χ3n) is 5.31. The molecule has 0 radical (unpaired) electrons. The maximum absolute atomic E-state index is 12.6. The molecule has 2 aromatic heterocycles. The van der Waals surface area contributed by atoms with Crippen LogP contribution in [0.3, 0.4) is 0 Å². The molecule has 0 saturated carbocycles. The number of hydrazone groups is 1. The summed E-state index contributed by atoms with van der Waals surface area (Å²) in [4.78, 5) is 33.8. The van der Waals surface area contributed by atoms with E-state index in [1.807, 2.05) is 35.8 Å². The van der Waals surface area contributed by atoms with Crippen LogP contribution in [-0.2, 0) is 13.6 Å². The number of hydrogen-bond acceptors (Lipinski definition) is 6. The standard InChI is InChI=1S/C20H25N7O2/c1-14-8-4-5-9-15(14)24-21-10-13-27-16-17(25(2)20(29)23-18(16)28)22-19(27)26-11-6-3-7-12-26/h4-5,8-10,24H,3,6-7,11-13H2,1-2H3,(H,23,28,29)/b21-10-. The minimum atomic E-state index is -0.466. The lowest BCUT2D eigenvalue weighted by Gasteiger charge is -2.27. The Labute approximate surface area is 167 Å². The number of benzene rings is 1. The third-order valence-corrected chi connectivity index (χ3v) is 5.31. The van der Waals surface area contributed by atoms with E-state index in [0.717, 1.165) is 37.2 Å². The number of hydrogen-bond donors (Lipinski definition) is 2. The molecule has 0 unspecified atom stereocenters. The summed E-state index contributed by atoms with van der Waals surface area (Å²) in [5.41, 5.74) is 4.94. The summed E-state index contributed by atoms with van der Waals surface area (Å²) < 4.78 is 3.21. The second kappa shape index (κ2) is 7.94. The fourth-order valence-electron chi connectivity index (χ4n) is 3.67. The molecule has 0 spiro atoms. The molecule has 29 heavy (non-hydrogen) atoms. The maximum atomic E-state index is 12.6. The second-order valence-corrected chi connectivity index (χ2v) is 7.30. The van der Waals surface area contributed by atoms with E-state index >= 15 is 0 Å². The molecule has 2 N–H and O–H groups in total. The highest BCUT2D eigenvalue weighted by Gasteiger charge is 2.22. The number of fused-ring (bicyclic) bond motifs is 1. The van der Waals surface area contributed by atoms with Crippen molar-refractivity contribution in [3.8, 4) is 0 Å². The Hall–Kier alpha value is -3.36. The van der Waals surface area contributed by atoms with Gasteiger partial charge in [-0.25, -0.2) is 4.79 Å². The zero-order valence-corrected chi connectivity index (χ0v) is 16.7. The minimum Gasteiger partial charge on any atom is -0.342 e. The van der Waals surface area contributed by atoms with E-state index in [0.29, 0.717) is 23.7 Å². The number of aromatic amines is 1. The van der Waals surface area contributed by atoms with Crippen LogP contribution in [0.4, 0.5) is 11.6 Å². The van der Waals surface area contributed by atoms with E-state index in [-0.39, 0.29) is 0 Å². The number of rotatable bonds is 5. The van der Waals surface area contributed by atoms with Crippen LogP contribution >= 0.6 is 0 Å². The lowest BCUT2D eigenvalue weighted by Crippen LogP contribution is -2.32. The monoisotopic (exact) mass is 395 g/mol. The Balaban J connectivity index is 1.70. The molecule has 3 aromatic rings. The summed E-state index contributed by atoms with van der Waals surface area (Å²) in [6.45, 7) is 4.14. The van der Waals surface area contributed by atoms with E-state index in [9.17, 15) is 9.59 Å². The Morgan fingerprint density at radius 1 is 1.21 bits per heavy atom. The van der Waals surface area contributed by atoms with Gasteiger partial charge in [-0.15, -0.1) is 0 Å². The molecular formula is C20H25N7O2. The van der Waals surface area contributed by atoms with Crippen LogP contribution in [0, 0.1) is 6.92 Å². The first-order valence-corrected chi connectivity index (χ1v) is 9.84. The summed E-state index contributed by atoms with van der Waals surface area (Å²) in [6.07, 6.45) is 5.08. The Morgan fingerprint density at radius 2 is 1.97 bits per heavy atom. The number of aryl methyl sites for hydroxylation is 2. The van der Waals surface area contributed by atoms with Crippen LogP contribution in [0.15, 0.2) is 39.0 Å². The summed E-state index contributed by atoms with van der Waals surface area (Å²) >= 11 is 0. The zero-order valence-electron chi connectivity index (χ0n) is 16.7. The number of nitrogens with zero attached hydrogens (tertiary/aromatic N) is 5. The number of aromatic nitrogens is 4. The second-order valence-electron chi connectivity index (χ2n) is 7.30. The van der Waals surface area contributed by atoms with Gasteiger partial charge >= 0.3 is 5.69 Å². The molecule has 1 aliphatic heterocycles. The Morgan fingerprint density at radius 3 is 2.72 bits per heavy atom. The van der Waals surface area contributed by atoms with Crippen LogP contribution in [0.1, 0.15) is 24.8 Å². The Kier molecular flexibility index (Phi) is 5.20. The molecule has 1 saturated heterocycles. The molecule has 3 heterocycles. The number of H-pyrrole nitrogens is 1. The molecule has 1 aromatic carbocycles. The topological polar surface area (TPSA) is 100 Å². The van der Waals surface area contributed by atoms with Crippen LogP contribution in [-0.4, -0.2) is 38.4 Å². The first kappa shape index (κ1) is 19.0. The first-order chi connectivity index (χ1) is 14.1. The molecule has 1 aliphatic rings. The van der Waals surface area contributed by atoms with Gasteiger partial charge < -0.3 is 4.90 Å². The number of para-hydroxylation sites is 1. The van der Waals surface area contributed by atoms with Crippen molar-refractivity contribution in [1.82, 2.24) is 19.1 Å². The lowest BCUT2D eigenvalue weighted by molar-refractivity contribution is 0.562. The van der Waals surface area contributed by atoms with Gasteiger partial charge in [0.2, 0.25) is 5.95 Å². The number of piperidine rings is 1. The van der Waals surface area contributed by atoms with E-state index in [1.54, 1.807) is 13.3 Å². The number of imidazole rings is 1.